The molecular formula is C15H12F2N4. The molecule has 106 valence electrons. The number of halogens is 2. The second-order valence-corrected chi connectivity index (χ2v) is 4.68. The van der Waals surface area contributed by atoms with Crippen LogP contribution in [-0.2, 0) is 5.92 Å². The lowest BCUT2D eigenvalue weighted by molar-refractivity contribution is 0.0129. The van der Waals surface area contributed by atoms with Gasteiger partial charge in [0, 0.05) is 24.9 Å². The van der Waals surface area contributed by atoms with E-state index in [0.29, 0.717) is 11.3 Å². The molecule has 0 bridgehead atoms. The number of nitrogens with zero attached hydrogens (tertiary/aromatic N) is 4. The van der Waals surface area contributed by atoms with Gasteiger partial charge in [0.05, 0.1) is 23.8 Å². The molecule has 0 aliphatic carbocycles. The maximum atomic E-state index is 13.3. The molecule has 3 rings (SSSR count). The van der Waals surface area contributed by atoms with Crippen LogP contribution in [0.3, 0.4) is 0 Å². The Balaban J connectivity index is 1.97. The summed E-state index contributed by atoms with van der Waals surface area (Å²) >= 11 is 0. The number of alkyl halides is 2. The van der Waals surface area contributed by atoms with Crippen LogP contribution in [0.1, 0.15) is 12.6 Å². The van der Waals surface area contributed by atoms with Crippen molar-refractivity contribution in [2.24, 2.45) is 0 Å². The number of aromatic nitrogens is 4. The molecule has 0 spiro atoms. The monoisotopic (exact) mass is 286 g/mol. The fourth-order valence-electron chi connectivity index (χ4n) is 1.93. The van der Waals surface area contributed by atoms with Crippen LogP contribution in [0.15, 0.2) is 55.1 Å². The molecule has 6 heteroatoms. The highest BCUT2D eigenvalue weighted by Crippen LogP contribution is 2.27. The van der Waals surface area contributed by atoms with Crippen LogP contribution in [0.2, 0.25) is 0 Å². The predicted molar refractivity (Wildman–Crippen MR) is 74.2 cm³/mol. The average molecular weight is 286 g/mol. The van der Waals surface area contributed by atoms with E-state index in [0.717, 1.165) is 12.6 Å². The van der Waals surface area contributed by atoms with Gasteiger partial charge in [-0.3, -0.25) is 4.98 Å². The minimum atomic E-state index is -2.96. The Kier molecular flexibility index (Phi) is 3.21. The van der Waals surface area contributed by atoms with E-state index in [4.69, 9.17) is 0 Å². The summed E-state index contributed by atoms with van der Waals surface area (Å²) < 4.78 is 28.3. The van der Waals surface area contributed by atoms with Crippen molar-refractivity contribution in [1.82, 2.24) is 19.7 Å². The van der Waals surface area contributed by atoms with Crippen molar-refractivity contribution in [1.29, 1.82) is 0 Å². The number of hydrogen-bond acceptors (Lipinski definition) is 3. The highest BCUT2D eigenvalue weighted by atomic mass is 19.3. The molecule has 21 heavy (non-hydrogen) atoms. The molecule has 0 saturated heterocycles. The molecule has 0 atom stereocenters. The quantitative estimate of drug-likeness (QED) is 0.740. The zero-order chi connectivity index (χ0) is 14.9. The highest BCUT2D eigenvalue weighted by molar-refractivity contribution is 5.57. The summed E-state index contributed by atoms with van der Waals surface area (Å²) in [4.78, 5) is 8.02. The van der Waals surface area contributed by atoms with E-state index >= 15 is 0 Å². The average Bonchev–Trinajstić information content (AvgIpc) is 2.97. The van der Waals surface area contributed by atoms with Crippen molar-refractivity contribution >= 4 is 0 Å². The van der Waals surface area contributed by atoms with E-state index < -0.39 is 5.92 Å². The summed E-state index contributed by atoms with van der Waals surface area (Å²) in [6, 6.07) is 8.21. The molecule has 0 aromatic carbocycles. The Hall–Kier alpha value is -2.63. The third-order valence-electron chi connectivity index (χ3n) is 2.99. The summed E-state index contributed by atoms with van der Waals surface area (Å²) in [5.41, 5.74) is 1.67. The molecule has 0 unspecified atom stereocenters. The molecule has 3 aromatic heterocycles. The summed E-state index contributed by atoms with van der Waals surface area (Å²) in [6.45, 7) is 0.832. The van der Waals surface area contributed by atoms with E-state index in [1.807, 2.05) is 6.07 Å². The normalized spacial score (nSPS) is 11.6. The summed E-state index contributed by atoms with van der Waals surface area (Å²) in [6.07, 6.45) is 6.66. The molecule has 0 radical (unpaired) electrons. The Bertz CT molecular complexity index is 748. The Morgan fingerprint density at radius 1 is 1.10 bits per heavy atom. The third-order valence-corrected chi connectivity index (χ3v) is 2.99. The molecule has 0 saturated carbocycles. The maximum Gasteiger partial charge on any atom is 0.286 e. The fourth-order valence-corrected chi connectivity index (χ4v) is 1.93. The molecule has 4 nitrogen and oxygen atoms in total. The molecule has 3 heterocycles. The minimum Gasteiger partial charge on any atom is -0.262 e. The van der Waals surface area contributed by atoms with Gasteiger partial charge in [-0.1, -0.05) is 6.07 Å². The first-order valence-corrected chi connectivity index (χ1v) is 6.35. The van der Waals surface area contributed by atoms with Gasteiger partial charge < -0.3 is 0 Å². The smallest absolute Gasteiger partial charge is 0.262 e. The van der Waals surface area contributed by atoms with E-state index in [1.165, 1.54) is 6.07 Å². The van der Waals surface area contributed by atoms with Crippen molar-refractivity contribution in [2.45, 2.75) is 12.8 Å². The van der Waals surface area contributed by atoms with Crippen LogP contribution in [0.25, 0.3) is 16.9 Å². The molecule has 0 amide bonds. The van der Waals surface area contributed by atoms with Gasteiger partial charge in [-0.25, -0.2) is 9.67 Å². The lowest BCUT2D eigenvalue weighted by Gasteiger charge is -2.09. The van der Waals surface area contributed by atoms with E-state index in [2.05, 4.69) is 15.1 Å². The van der Waals surface area contributed by atoms with Gasteiger partial charge in [-0.2, -0.15) is 13.9 Å². The highest BCUT2D eigenvalue weighted by Gasteiger charge is 2.26. The topological polar surface area (TPSA) is 43.6 Å². The Morgan fingerprint density at radius 2 is 1.95 bits per heavy atom. The zero-order valence-electron chi connectivity index (χ0n) is 11.2. The summed E-state index contributed by atoms with van der Waals surface area (Å²) in [7, 11) is 0. The first kappa shape index (κ1) is 13.4. The first-order valence-electron chi connectivity index (χ1n) is 6.35. The number of rotatable bonds is 3. The second kappa shape index (κ2) is 5.05. The van der Waals surface area contributed by atoms with Crippen molar-refractivity contribution in [3.8, 4) is 16.9 Å². The minimum absolute atomic E-state index is 0.255. The van der Waals surface area contributed by atoms with Crippen LogP contribution in [0.4, 0.5) is 8.78 Å². The second-order valence-electron chi connectivity index (χ2n) is 4.68. The van der Waals surface area contributed by atoms with Crippen LogP contribution in [-0.4, -0.2) is 19.7 Å². The van der Waals surface area contributed by atoms with Crippen LogP contribution < -0.4 is 0 Å². The lowest BCUT2D eigenvalue weighted by Crippen LogP contribution is -2.09. The zero-order valence-corrected chi connectivity index (χ0v) is 11.2. The Labute approximate surface area is 120 Å². The van der Waals surface area contributed by atoms with Gasteiger partial charge >= 0.3 is 0 Å². The predicted octanol–water partition coefficient (Wildman–Crippen LogP) is 3.44. The van der Waals surface area contributed by atoms with Gasteiger partial charge in [-0.05, 0) is 24.3 Å². The van der Waals surface area contributed by atoms with Gasteiger partial charge in [0.1, 0.15) is 5.69 Å². The van der Waals surface area contributed by atoms with Crippen LogP contribution in [0.5, 0.6) is 0 Å². The van der Waals surface area contributed by atoms with Gasteiger partial charge in [0.15, 0.2) is 0 Å². The van der Waals surface area contributed by atoms with Crippen LogP contribution >= 0.6 is 0 Å². The van der Waals surface area contributed by atoms with E-state index in [1.54, 1.807) is 47.7 Å². The Morgan fingerprint density at radius 3 is 2.67 bits per heavy atom. The van der Waals surface area contributed by atoms with Crippen molar-refractivity contribution in [2.75, 3.05) is 0 Å². The lowest BCUT2D eigenvalue weighted by atomic mass is 10.2. The molecule has 3 aromatic rings. The van der Waals surface area contributed by atoms with Crippen LogP contribution in [0, 0.1) is 0 Å². The fraction of sp³-hybridized carbons (Fsp3) is 0.133. The first-order chi connectivity index (χ1) is 10.0. The summed E-state index contributed by atoms with van der Waals surface area (Å²) in [5, 5.41) is 4.20. The van der Waals surface area contributed by atoms with Gasteiger partial charge in [0.25, 0.3) is 5.92 Å². The summed E-state index contributed by atoms with van der Waals surface area (Å²) in [5.74, 6) is -2.96. The molecule has 0 aliphatic rings. The van der Waals surface area contributed by atoms with Crippen molar-refractivity contribution < 1.29 is 8.78 Å². The molecule has 0 N–H and O–H groups in total. The van der Waals surface area contributed by atoms with E-state index in [-0.39, 0.29) is 5.69 Å². The molecule has 0 aliphatic heterocycles. The van der Waals surface area contributed by atoms with Crippen molar-refractivity contribution in [3.63, 3.8) is 0 Å². The van der Waals surface area contributed by atoms with Gasteiger partial charge in [-0.15, -0.1) is 0 Å². The largest absolute Gasteiger partial charge is 0.286 e. The van der Waals surface area contributed by atoms with Crippen molar-refractivity contribution in [3.05, 3.63) is 60.8 Å². The SMILES string of the molecule is CC(F)(F)c1cccc(-c2cnn(-c3cccnc3)c2)n1. The van der Waals surface area contributed by atoms with Gasteiger partial charge in [0.2, 0.25) is 0 Å². The molecular weight excluding hydrogens is 274 g/mol. The number of hydrogen-bond donors (Lipinski definition) is 0. The number of pyridine rings is 2. The maximum absolute atomic E-state index is 13.3. The molecule has 0 fully saturated rings. The standard InChI is InChI=1S/C15H12F2N4/c1-15(16,17)14-6-2-5-13(20-14)11-8-19-21(10-11)12-4-3-7-18-9-12/h2-10H,1H3. The third kappa shape index (κ3) is 2.79. The van der Waals surface area contributed by atoms with E-state index in [9.17, 15) is 8.78 Å².